The molecule has 2 aromatic rings. The third-order valence-corrected chi connectivity index (χ3v) is 6.01. The Morgan fingerprint density at radius 1 is 1.12 bits per heavy atom. The molecule has 3 rings (SSSR count). The Kier molecular flexibility index (Phi) is 4.96. The SMILES string of the molecule is CCN(c1ccc(OC)c(Cl)c1)S(=O)(=O)c1ccc2c(c1)OCCO2. The molecule has 0 N–H and O–H groups in total. The number of rotatable bonds is 5. The molecule has 134 valence electrons. The van der Waals surface area contributed by atoms with Crippen molar-refractivity contribution in [3.05, 3.63) is 41.4 Å². The normalized spacial score (nSPS) is 13.4. The van der Waals surface area contributed by atoms with Crippen molar-refractivity contribution < 1.29 is 22.6 Å². The summed E-state index contributed by atoms with van der Waals surface area (Å²) in [6.07, 6.45) is 0. The third-order valence-electron chi connectivity index (χ3n) is 3.81. The maximum absolute atomic E-state index is 13.1. The van der Waals surface area contributed by atoms with Gasteiger partial charge in [-0.3, -0.25) is 4.31 Å². The second kappa shape index (κ2) is 7.01. The lowest BCUT2D eigenvalue weighted by Crippen LogP contribution is -2.31. The number of anilines is 1. The topological polar surface area (TPSA) is 65.1 Å². The van der Waals surface area contributed by atoms with E-state index in [4.69, 9.17) is 25.8 Å². The van der Waals surface area contributed by atoms with Crippen LogP contribution in [0.5, 0.6) is 17.2 Å². The van der Waals surface area contributed by atoms with Crippen molar-refractivity contribution in [1.82, 2.24) is 0 Å². The van der Waals surface area contributed by atoms with Crippen LogP contribution < -0.4 is 18.5 Å². The van der Waals surface area contributed by atoms with Gasteiger partial charge in [0.1, 0.15) is 19.0 Å². The molecule has 0 bridgehead atoms. The predicted octanol–water partition coefficient (Wildman–Crippen LogP) is 3.34. The summed E-state index contributed by atoms with van der Waals surface area (Å²) >= 11 is 6.14. The summed E-state index contributed by atoms with van der Waals surface area (Å²) in [4.78, 5) is 0.130. The minimum atomic E-state index is -3.78. The van der Waals surface area contributed by atoms with Gasteiger partial charge < -0.3 is 14.2 Å². The number of methoxy groups -OCH3 is 1. The van der Waals surface area contributed by atoms with E-state index in [9.17, 15) is 8.42 Å². The van der Waals surface area contributed by atoms with Gasteiger partial charge in [-0.05, 0) is 37.3 Å². The number of nitrogens with zero attached hydrogens (tertiary/aromatic N) is 1. The van der Waals surface area contributed by atoms with E-state index in [-0.39, 0.29) is 11.4 Å². The fourth-order valence-corrected chi connectivity index (χ4v) is 4.35. The monoisotopic (exact) mass is 383 g/mol. The molecule has 0 atom stereocenters. The molecular weight excluding hydrogens is 366 g/mol. The van der Waals surface area contributed by atoms with Gasteiger partial charge in [-0.1, -0.05) is 11.6 Å². The molecule has 2 aromatic carbocycles. The van der Waals surface area contributed by atoms with Crippen LogP contribution in [0.25, 0.3) is 0 Å². The number of sulfonamides is 1. The summed E-state index contributed by atoms with van der Waals surface area (Å²) in [6, 6.07) is 9.47. The molecule has 1 aliphatic rings. The van der Waals surface area contributed by atoms with Gasteiger partial charge in [-0.2, -0.15) is 0 Å². The van der Waals surface area contributed by atoms with Crippen LogP contribution in [0, 0.1) is 0 Å². The Hall–Kier alpha value is -2.12. The molecule has 0 amide bonds. The highest BCUT2D eigenvalue weighted by molar-refractivity contribution is 7.92. The van der Waals surface area contributed by atoms with Crippen molar-refractivity contribution in [2.24, 2.45) is 0 Å². The average Bonchev–Trinajstić information content (AvgIpc) is 2.62. The molecule has 0 aromatic heterocycles. The van der Waals surface area contributed by atoms with Crippen LogP contribution in [-0.4, -0.2) is 35.3 Å². The maximum atomic E-state index is 13.1. The largest absolute Gasteiger partial charge is 0.495 e. The molecule has 0 saturated carbocycles. The summed E-state index contributed by atoms with van der Waals surface area (Å²) in [5.74, 6) is 1.45. The smallest absolute Gasteiger partial charge is 0.264 e. The number of fused-ring (bicyclic) bond motifs is 1. The van der Waals surface area contributed by atoms with E-state index in [0.717, 1.165) is 0 Å². The van der Waals surface area contributed by atoms with Crippen molar-refractivity contribution >= 4 is 27.3 Å². The van der Waals surface area contributed by atoms with Crippen LogP contribution in [0.4, 0.5) is 5.69 Å². The fourth-order valence-electron chi connectivity index (χ4n) is 2.61. The maximum Gasteiger partial charge on any atom is 0.264 e. The van der Waals surface area contributed by atoms with E-state index < -0.39 is 10.0 Å². The fraction of sp³-hybridized carbons (Fsp3) is 0.294. The van der Waals surface area contributed by atoms with Crippen LogP contribution >= 0.6 is 11.6 Å². The quantitative estimate of drug-likeness (QED) is 0.792. The summed E-state index contributed by atoms with van der Waals surface area (Å²) in [6.45, 7) is 2.85. The van der Waals surface area contributed by atoms with Gasteiger partial charge in [-0.25, -0.2) is 8.42 Å². The predicted molar refractivity (Wildman–Crippen MR) is 95.6 cm³/mol. The molecule has 0 spiro atoms. The summed E-state index contributed by atoms with van der Waals surface area (Å²) in [7, 11) is -2.27. The molecule has 0 unspecified atom stereocenters. The van der Waals surface area contributed by atoms with Crippen molar-refractivity contribution in [2.45, 2.75) is 11.8 Å². The highest BCUT2D eigenvalue weighted by Crippen LogP contribution is 2.35. The Labute approximate surface area is 151 Å². The lowest BCUT2D eigenvalue weighted by Gasteiger charge is -2.25. The van der Waals surface area contributed by atoms with E-state index in [1.165, 1.54) is 23.5 Å². The van der Waals surface area contributed by atoms with Crippen molar-refractivity contribution in [1.29, 1.82) is 0 Å². The molecule has 6 nitrogen and oxygen atoms in total. The zero-order valence-corrected chi connectivity index (χ0v) is 15.4. The lowest BCUT2D eigenvalue weighted by atomic mass is 10.3. The van der Waals surface area contributed by atoms with E-state index in [1.807, 2.05) is 0 Å². The molecule has 0 saturated heterocycles. The highest BCUT2D eigenvalue weighted by atomic mass is 35.5. The van der Waals surface area contributed by atoms with E-state index in [1.54, 1.807) is 31.2 Å². The highest BCUT2D eigenvalue weighted by Gasteiger charge is 2.26. The average molecular weight is 384 g/mol. The van der Waals surface area contributed by atoms with Gasteiger partial charge in [0.2, 0.25) is 0 Å². The molecule has 8 heteroatoms. The molecular formula is C17H18ClNO5S. The Balaban J connectivity index is 2.00. The van der Waals surface area contributed by atoms with Gasteiger partial charge in [0.05, 0.1) is 22.7 Å². The standard InChI is InChI=1S/C17H18ClNO5S/c1-3-19(12-4-6-15(22-2)14(18)10-12)25(20,21)13-5-7-16-17(11-13)24-9-8-23-16/h4-7,10-11H,3,8-9H2,1-2H3. The molecule has 0 fully saturated rings. The van der Waals surface area contributed by atoms with Crippen molar-refractivity contribution in [2.75, 3.05) is 31.2 Å². The number of hydrogen-bond donors (Lipinski definition) is 0. The minimum absolute atomic E-state index is 0.130. The number of halogens is 1. The molecule has 1 aliphatic heterocycles. The zero-order chi connectivity index (χ0) is 18.0. The van der Waals surface area contributed by atoms with Gasteiger partial charge in [0.15, 0.2) is 11.5 Å². The van der Waals surface area contributed by atoms with Gasteiger partial charge in [0, 0.05) is 12.6 Å². The van der Waals surface area contributed by atoms with Crippen molar-refractivity contribution in [3.8, 4) is 17.2 Å². The Bertz CT molecular complexity index is 885. The first-order chi connectivity index (χ1) is 12.0. The van der Waals surface area contributed by atoms with Gasteiger partial charge in [0.25, 0.3) is 10.0 Å². The molecule has 1 heterocycles. The lowest BCUT2D eigenvalue weighted by molar-refractivity contribution is 0.171. The minimum Gasteiger partial charge on any atom is -0.495 e. The first kappa shape index (κ1) is 17.7. The van der Waals surface area contributed by atoms with Crippen LogP contribution in [0.1, 0.15) is 6.92 Å². The van der Waals surface area contributed by atoms with Crippen molar-refractivity contribution in [3.63, 3.8) is 0 Å². The Morgan fingerprint density at radius 3 is 2.48 bits per heavy atom. The van der Waals surface area contributed by atoms with Crippen LogP contribution in [0.15, 0.2) is 41.3 Å². The van der Waals surface area contributed by atoms with Crippen LogP contribution in [-0.2, 0) is 10.0 Å². The van der Waals surface area contributed by atoms with E-state index >= 15 is 0 Å². The van der Waals surface area contributed by atoms with Crippen LogP contribution in [0.3, 0.4) is 0 Å². The number of ether oxygens (including phenoxy) is 3. The third kappa shape index (κ3) is 3.34. The summed E-state index contributed by atoms with van der Waals surface area (Å²) in [5.41, 5.74) is 0.461. The number of hydrogen-bond acceptors (Lipinski definition) is 5. The second-order valence-corrected chi connectivity index (χ2v) is 7.56. The zero-order valence-electron chi connectivity index (χ0n) is 13.9. The van der Waals surface area contributed by atoms with E-state index in [0.29, 0.717) is 41.2 Å². The Morgan fingerprint density at radius 2 is 1.84 bits per heavy atom. The number of benzene rings is 2. The molecule has 25 heavy (non-hydrogen) atoms. The summed E-state index contributed by atoms with van der Waals surface area (Å²) in [5, 5.41) is 0.343. The first-order valence-corrected chi connectivity index (χ1v) is 9.55. The first-order valence-electron chi connectivity index (χ1n) is 7.73. The molecule has 0 aliphatic carbocycles. The van der Waals surface area contributed by atoms with Gasteiger partial charge in [-0.15, -0.1) is 0 Å². The van der Waals surface area contributed by atoms with Gasteiger partial charge >= 0.3 is 0 Å². The van der Waals surface area contributed by atoms with E-state index in [2.05, 4.69) is 0 Å². The second-order valence-electron chi connectivity index (χ2n) is 5.29. The molecule has 0 radical (unpaired) electrons. The van der Waals surface area contributed by atoms with Crippen LogP contribution in [0.2, 0.25) is 5.02 Å². The summed E-state index contributed by atoms with van der Waals surface area (Å²) < 4.78 is 43.5.